The van der Waals surface area contributed by atoms with E-state index in [2.05, 4.69) is 26.2 Å². The fourth-order valence-corrected chi connectivity index (χ4v) is 3.82. The van der Waals surface area contributed by atoms with Crippen molar-refractivity contribution in [1.82, 2.24) is 9.88 Å². The zero-order valence-electron chi connectivity index (χ0n) is 12.3. The largest absolute Gasteiger partial charge is 0.481 e. The average Bonchev–Trinajstić information content (AvgIpc) is 3.00. The molecule has 0 radical (unpaired) electrons. The summed E-state index contributed by atoms with van der Waals surface area (Å²) in [5.41, 5.74) is 0.0403. The molecule has 1 aliphatic heterocycles. The molecule has 2 amide bonds. The molecule has 2 atom stereocenters. The summed E-state index contributed by atoms with van der Waals surface area (Å²) >= 11 is 3.37. The number of urea groups is 1. The van der Waals surface area contributed by atoms with Crippen molar-refractivity contribution in [3.8, 4) is 0 Å². The zero-order valence-corrected chi connectivity index (χ0v) is 13.9. The number of carboxylic acid groups (broad SMARTS) is 1. The molecular weight excluding hydrogens is 350 g/mol. The molecule has 2 aliphatic rings. The fraction of sp³-hybridized carbons (Fsp3) is 0.533. The molecule has 1 aromatic rings. The van der Waals surface area contributed by atoms with Crippen LogP contribution in [0.25, 0.3) is 0 Å². The molecule has 6 nitrogen and oxygen atoms in total. The SMILES string of the molecule is Cc1nc(NC(=O)N2C[C@@H]3CCC[C@@]3(C(=O)O)C2)ccc1Br. The van der Waals surface area contributed by atoms with Gasteiger partial charge in [0.05, 0.1) is 11.1 Å². The number of halogens is 1. The van der Waals surface area contributed by atoms with Crippen molar-refractivity contribution in [3.63, 3.8) is 0 Å². The summed E-state index contributed by atoms with van der Waals surface area (Å²) in [6, 6.07) is 3.28. The molecule has 0 spiro atoms. The molecule has 1 saturated heterocycles. The number of nitrogens with one attached hydrogen (secondary N) is 1. The number of nitrogens with zero attached hydrogens (tertiary/aromatic N) is 2. The topological polar surface area (TPSA) is 82.5 Å². The lowest BCUT2D eigenvalue weighted by molar-refractivity contribution is -0.149. The van der Waals surface area contributed by atoms with Crippen LogP contribution in [0.3, 0.4) is 0 Å². The van der Waals surface area contributed by atoms with Gasteiger partial charge in [0.25, 0.3) is 0 Å². The van der Waals surface area contributed by atoms with Crippen molar-refractivity contribution < 1.29 is 14.7 Å². The molecule has 0 bridgehead atoms. The van der Waals surface area contributed by atoms with Gasteiger partial charge in [0.2, 0.25) is 0 Å². The highest BCUT2D eigenvalue weighted by Gasteiger charge is 2.55. The van der Waals surface area contributed by atoms with Crippen LogP contribution in [-0.2, 0) is 4.79 Å². The van der Waals surface area contributed by atoms with Crippen LogP contribution in [0.5, 0.6) is 0 Å². The molecular formula is C15H18BrN3O3. The van der Waals surface area contributed by atoms with E-state index >= 15 is 0 Å². The summed E-state index contributed by atoms with van der Waals surface area (Å²) < 4.78 is 0.881. The van der Waals surface area contributed by atoms with Gasteiger partial charge in [0, 0.05) is 17.6 Å². The van der Waals surface area contributed by atoms with Crippen molar-refractivity contribution in [2.24, 2.45) is 11.3 Å². The first kappa shape index (κ1) is 15.3. The maximum atomic E-state index is 12.4. The van der Waals surface area contributed by atoms with Crippen LogP contribution in [0.4, 0.5) is 10.6 Å². The van der Waals surface area contributed by atoms with E-state index in [1.165, 1.54) is 0 Å². The predicted molar refractivity (Wildman–Crippen MR) is 84.7 cm³/mol. The van der Waals surface area contributed by atoms with E-state index in [1.54, 1.807) is 11.0 Å². The first-order valence-electron chi connectivity index (χ1n) is 7.35. The number of carbonyl (C=O) groups excluding carboxylic acids is 1. The molecule has 2 fully saturated rings. The number of fused-ring (bicyclic) bond motifs is 1. The van der Waals surface area contributed by atoms with Gasteiger partial charge in [-0.2, -0.15) is 0 Å². The average molecular weight is 368 g/mol. The molecule has 2 N–H and O–H groups in total. The summed E-state index contributed by atoms with van der Waals surface area (Å²) in [5, 5.41) is 12.3. The maximum absolute atomic E-state index is 12.4. The summed E-state index contributed by atoms with van der Waals surface area (Å²) in [4.78, 5) is 29.9. The highest BCUT2D eigenvalue weighted by atomic mass is 79.9. The van der Waals surface area contributed by atoms with Gasteiger partial charge in [-0.25, -0.2) is 9.78 Å². The van der Waals surface area contributed by atoms with Crippen molar-refractivity contribution in [1.29, 1.82) is 0 Å². The minimum absolute atomic E-state index is 0.0652. The minimum Gasteiger partial charge on any atom is -0.481 e. The fourth-order valence-electron chi connectivity index (χ4n) is 3.60. The van der Waals surface area contributed by atoms with Gasteiger partial charge in [-0.15, -0.1) is 0 Å². The Hall–Kier alpha value is -1.63. The van der Waals surface area contributed by atoms with Crippen LogP contribution in [0.1, 0.15) is 25.0 Å². The van der Waals surface area contributed by atoms with Crippen LogP contribution >= 0.6 is 15.9 Å². The van der Waals surface area contributed by atoms with Crippen LogP contribution in [-0.4, -0.2) is 40.1 Å². The molecule has 1 aliphatic carbocycles. The second-order valence-electron chi connectivity index (χ2n) is 6.12. The lowest BCUT2D eigenvalue weighted by Crippen LogP contribution is -2.38. The number of likely N-dealkylation sites (tertiary alicyclic amines) is 1. The first-order valence-corrected chi connectivity index (χ1v) is 8.14. The Bertz CT molecular complexity index is 636. The standard InChI is InChI=1S/C15H18BrN3O3/c1-9-11(16)4-5-12(17-9)18-14(22)19-7-10-3-2-6-15(10,8-19)13(20)21/h4-5,10H,2-3,6-8H2,1H3,(H,20,21)(H,17,18,22)/t10-,15+/m0/s1. The van der Waals surface area contributed by atoms with E-state index in [1.807, 2.05) is 13.0 Å². The number of aliphatic carboxylic acids is 1. The molecule has 0 unspecified atom stereocenters. The zero-order chi connectivity index (χ0) is 15.9. The molecule has 22 heavy (non-hydrogen) atoms. The number of amides is 2. The number of aryl methyl sites for hydroxylation is 1. The Kier molecular flexibility index (Phi) is 3.84. The second-order valence-corrected chi connectivity index (χ2v) is 6.98. The Morgan fingerprint density at radius 2 is 2.27 bits per heavy atom. The number of pyridine rings is 1. The lowest BCUT2D eigenvalue weighted by Gasteiger charge is -2.23. The number of carboxylic acids is 1. The summed E-state index contributed by atoms with van der Waals surface area (Å²) in [6.07, 6.45) is 2.47. The third-order valence-electron chi connectivity index (χ3n) is 4.84. The Balaban J connectivity index is 1.71. The van der Waals surface area contributed by atoms with Gasteiger partial charge in [-0.1, -0.05) is 6.42 Å². The smallest absolute Gasteiger partial charge is 0.323 e. The first-order chi connectivity index (χ1) is 10.4. The number of hydrogen-bond acceptors (Lipinski definition) is 3. The van der Waals surface area contributed by atoms with E-state index in [0.29, 0.717) is 18.8 Å². The predicted octanol–water partition coefficient (Wildman–Crippen LogP) is 2.87. The molecule has 0 aromatic carbocycles. The number of aromatic nitrogens is 1. The van der Waals surface area contributed by atoms with E-state index in [0.717, 1.165) is 23.0 Å². The van der Waals surface area contributed by atoms with Gasteiger partial charge in [0.15, 0.2) is 0 Å². The van der Waals surface area contributed by atoms with Crippen molar-refractivity contribution in [3.05, 3.63) is 22.3 Å². The molecule has 1 saturated carbocycles. The molecule has 118 valence electrons. The van der Waals surface area contributed by atoms with Crippen molar-refractivity contribution in [2.45, 2.75) is 26.2 Å². The summed E-state index contributed by atoms with van der Waals surface area (Å²) in [5.74, 6) is -0.231. The monoisotopic (exact) mass is 367 g/mol. The normalized spacial score (nSPS) is 26.8. The van der Waals surface area contributed by atoms with Gasteiger partial charge in [-0.3, -0.25) is 10.1 Å². The van der Waals surface area contributed by atoms with Crippen LogP contribution < -0.4 is 5.32 Å². The van der Waals surface area contributed by atoms with E-state index in [4.69, 9.17) is 0 Å². The third kappa shape index (κ3) is 2.47. The quantitative estimate of drug-likeness (QED) is 0.841. The Labute approximate surface area is 137 Å². The Morgan fingerprint density at radius 3 is 2.91 bits per heavy atom. The number of hydrogen-bond donors (Lipinski definition) is 2. The second kappa shape index (κ2) is 5.53. The highest BCUT2D eigenvalue weighted by Crippen LogP contribution is 2.48. The summed E-state index contributed by atoms with van der Waals surface area (Å²) in [7, 11) is 0. The lowest BCUT2D eigenvalue weighted by atomic mass is 9.81. The number of rotatable bonds is 2. The van der Waals surface area contributed by atoms with E-state index in [-0.39, 0.29) is 18.5 Å². The number of anilines is 1. The van der Waals surface area contributed by atoms with Crippen molar-refractivity contribution in [2.75, 3.05) is 18.4 Å². The molecule has 2 heterocycles. The maximum Gasteiger partial charge on any atom is 0.323 e. The van der Waals surface area contributed by atoms with E-state index in [9.17, 15) is 14.7 Å². The minimum atomic E-state index is -0.775. The summed E-state index contributed by atoms with van der Waals surface area (Å²) in [6.45, 7) is 2.64. The number of carbonyl (C=O) groups is 2. The third-order valence-corrected chi connectivity index (χ3v) is 5.68. The molecule has 7 heteroatoms. The molecule has 3 rings (SSSR count). The van der Waals surface area contributed by atoms with E-state index < -0.39 is 11.4 Å². The van der Waals surface area contributed by atoms with Gasteiger partial charge >= 0.3 is 12.0 Å². The van der Waals surface area contributed by atoms with Gasteiger partial charge in [0.1, 0.15) is 5.82 Å². The van der Waals surface area contributed by atoms with Crippen LogP contribution in [0.2, 0.25) is 0 Å². The molecule has 1 aromatic heterocycles. The van der Waals surface area contributed by atoms with Crippen LogP contribution in [0, 0.1) is 18.3 Å². The van der Waals surface area contributed by atoms with Crippen molar-refractivity contribution >= 4 is 33.7 Å². The van der Waals surface area contributed by atoms with Crippen LogP contribution in [0.15, 0.2) is 16.6 Å². The van der Waals surface area contributed by atoms with Gasteiger partial charge in [-0.05, 0) is 53.7 Å². The highest BCUT2D eigenvalue weighted by molar-refractivity contribution is 9.10. The Morgan fingerprint density at radius 1 is 1.50 bits per heavy atom. The van der Waals surface area contributed by atoms with Gasteiger partial charge < -0.3 is 10.0 Å².